The van der Waals surface area contributed by atoms with Gasteiger partial charge in [-0.15, -0.1) is 0 Å². The molecule has 5 heteroatoms. The van der Waals surface area contributed by atoms with Gasteiger partial charge in [0.15, 0.2) is 0 Å². The van der Waals surface area contributed by atoms with Gasteiger partial charge in [0.05, 0.1) is 12.1 Å². The molecule has 2 heterocycles. The maximum atomic E-state index is 12.1. The number of hydrogen-bond acceptors (Lipinski definition) is 2. The number of pyridine rings is 2. The van der Waals surface area contributed by atoms with Crippen molar-refractivity contribution in [3.05, 3.63) is 74.8 Å². The van der Waals surface area contributed by atoms with Crippen LogP contribution in [0, 0.1) is 0 Å². The molecule has 0 N–H and O–H groups in total. The molecule has 0 fully saturated rings. The molecule has 3 rings (SSSR count). The third kappa shape index (κ3) is 2.42. The van der Waals surface area contributed by atoms with Crippen LogP contribution in [0.4, 0.5) is 0 Å². The zero-order valence-corrected chi connectivity index (χ0v) is 11.9. The lowest BCUT2D eigenvalue weighted by Crippen LogP contribution is -2.20. The first-order valence-electron chi connectivity index (χ1n) is 6.05. The molecule has 0 aliphatic rings. The van der Waals surface area contributed by atoms with Crippen LogP contribution in [0.2, 0.25) is 10.3 Å². The van der Waals surface area contributed by atoms with E-state index in [-0.39, 0.29) is 5.56 Å². The standard InChI is InChI=1S/C15H10Cl2N2O/c16-13-7-5-11(15(17)18-13)9-19-12-4-2-1-3-10(12)6-8-14(19)20/h1-8H,9H2. The second-order valence-corrected chi connectivity index (χ2v) is 5.15. The molecule has 100 valence electrons. The quantitative estimate of drug-likeness (QED) is 0.676. The van der Waals surface area contributed by atoms with E-state index in [0.29, 0.717) is 16.9 Å². The summed E-state index contributed by atoms with van der Waals surface area (Å²) in [7, 11) is 0. The van der Waals surface area contributed by atoms with Crippen LogP contribution in [0.25, 0.3) is 10.9 Å². The minimum Gasteiger partial charge on any atom is -0.304 e. The van der Waals surface area contributed by atoms with Crippen molar-refractivity contribution in [1.29, 1.82) is 0 Å². The maximum absolute atomic E-state index is 12.1. The smallest absolute Gasteiger partial charge is 0.251 e. The van der Waals surface area contributed by atoms with E-state index in [2.05, 4.69) is 4.98 Å². The molecular formula is C15H10Cl2N2O. The first-order chi connectivity index (χ1) is 9.65. The fraction of sp³-hybridized carbons (Fsp3) is 0.0667. The lowest BCUT2D eigenvalue weighted by Gasteiger charge is -2.11. The molecule has 0 unspecified atom stereocenters. The van der Waals surface area contributed by atoms with E-state index in [0.717, 1.165) is 16.5 Å². The predicted molar refractivity (Wildman–Crippen MR) is 81.6 cm³/mol. The average molecular weight is 305 g/mol. The molecule has 2 aromatic heterocycles. The van der Waals surface area contributed by atoms with E-state index in [1.807, 2.05) is 30.3 Å². The van der Waals surface area contributed by atoms with E-state index in [4.69, 9.17) is 23.2 Å². The normalized spacial score (nSPS) is 10.9. The Balaban J connectivity index is 2.15. The predicted octanol–water partition coefficient (Wildman–Crippen LogP) is 3.75. The summed E-state index contributed by atoms with van der Waals surface area (Å²) in [4.78, 5) is 16.1. The Morgan fingerprint density at radius 1 is 1.00 bits per heavy atom. The molecule has 0 saturated carbocycles. The SMILES string of the molecule is O=c1ccc2ccccc2n1Cc1ccc(Cl)nc1Cl. The number of halogens is 2. The zero-order valence-electron chi connectivity index (χ0n) is 10.4. The van der Waals surface area contributed by atoms with Crippen molar-refractivity contribution in [1.82, 2.24) is 9.55 Å². The van der Waals surface area contributed by atoms with Gasteiger partial charge in [0, 0.05) is 11.6 Å². The summed E-state index contributed by atoms with van der Waals surface area (Å²) < 4.78 is 1.67. The van der Waals surface area contributed by atoms with Crippen LogP contribution < -0.4 is 5.56 Å². The van der Waals surface area contributed by atoms with Crippen LogP contribution in [0.5, 0.6) is 0 Å². The Hall–Kier alpha value is -1.84. The molecular weight excluding hydrogens is 295 g/mol. The minimum atomic E-state index is -0.0743. The van der Waals surface area contributed by atoms with Crippen LogP contribution in [-0.4, -0.2) is 9.55 Å². The van der Waals surface area contributed by atoms with E-state index >= 15 is 0 Å². The summed E-state index contributed by atoms with van der Waals surface area (Å²) in [5.41, 5.74) is 1.55. The monoisotopic (exact) mass is 304 g/mol. The van der Waals surface area contributed by atoms with Crippen molar-refractivity contribution in [3.63, 3.8) is 0 Å². The Morgan fingerprint density at radius 3 is 2.60 bits per heavy atom. The van der Waals surface area contributed by atoms with E-state index < -0.39 is 0 Å². The van der Waals surface area contributed by atoms with Crippen molar-refractivity contribution < 1.29 is 0 Å². The van der Waals surface area contributed by atoms with Crippen LogP contribution in [-0.2, 0) is 6.54 Å². The Morgan fingerprint density at radius 2 is 1.80 bits per heavy atom. The highest BCUT2D eigenvalue weighted by molar-refractivity contribution is 6.32. The molecule has 0 bridgehead atoms. The van der Waals surface area contributed by atoms with E-state index in [1.54, 1.807) is 22.8 Å². The molecule has 1 aromatic carbocycles. The summed E-state index contributed by atoms with van der Waals surface area (Å²) in [6, 6.07) is 14.5. The molecule has 0 aliphatic carbocycles. The molecule has 0 spiro atoms. The van der Waals surface area contributed by atoms with Crippen LogP contribution in [0.3, 0.4) is 0 Å². The lowest BCUT2D eigenvalue weighted by atomic mass is 10.2. The second-order valence-electron chi connectivity index (χ2n) is 4.40. The molecule has 3 aromatic rings. The van der Waals surface area contributed by atoms with Gasteiger partial charge in [0.2, 0.25) is 0 Å². The Labute approximate surface area is 125 Å². The lowest BCUT2D eigenvalue weighted by molar-refractivity contribution is 0.791. The topological polar surface area (TPSA) is 34.9 Å². The van der Waals surface area contributed by atoms with Crippen molar-refractivity contribution in [3.8, 4) is 0 Å². The van der Waals surface area contributed by atoms with Crippen molar-refractivity contribution in [2.75, 3.05) is 0 Å². The molecule has 0 aliphatic heterocycles. The summed E-state index contributed by atoms with van der Waals surface area (Å²) in [6.07, 6.45) is 0. The molecule has 0 radical (unpaired) electrons. The highest BCUT2D eigenvalue weighted by Crippen LogP contribution is 2.19. The van der Waals surface area contributed by atoms with Crippen molar-refractivity contribution in [2.45, 2.75) is 6.54 Å². The molecule has 0 saturated heterocycles. The highest BCUT2D eigenvalue weighted by Gasteiger charge is 2.07. The van der Waals surface area contributed by atoms with Crippen molar-refractivity contribution in [2.24, 2.45) is 0 Å². The molecule has 20 heavy (non-hydrogen) atoms. The summed E-state index contributed by atoms with van der Waals surface area (Å²) in [5.74, 6) is 0. The van der Waals surface area contributed by atoms with E-state index in [1.165, 1.54) is 0 Å². The van der Waals surface area contributed by atoms with Gasteiger partial charge in [-0.05, 0) is 23.6 Å². The van der Waals surface area contributed by atoms with Crippen molar-refractivity contribution >= 4 is 34.1 Å². The van der Waals surface area contributed by atoms with Gasteiger partial charge in [-0.2, -0.15) is 0 Å². The van der Waals surface area contributed by atoms with Gasteiger partial charge in [-0.1, -0.05) is 47.5 Å². The van der Waals surface area contributed by atoms with Gasteiger partial charge in [-0.25, -0.2) is 4.98 Å². The van der Waals surface area contributed by atoms with Gasteiger partial charge < -0.3 is 4.57 Å². The van der Waals surface area contributed by atoms with E-state index in [9.17, 15) is 4.79 Å². The summed E-state index contributed by atoms with van der Waals surface area (Å²) >= 11 is 11.9. The number of benzene rings is 1. The average Bonchev–Trinajstić information content (AvgIpc) is 2.44. The third-order valence-electron chi connectivity index (χ3n) is 3.12. The zero-order chi connectivity index (χ0) is 14.1. The highest BCUT2D eigenvalue weighted by atomic mass is 35.5. The number of rotatable bonds is 2. The Kier molecular flexibility index (Phi) is 3.47. The van der Waals surface area contributed by atoms with Gasteiger partial charge >= 0.3 is 0 Å². The number of nitrogens with zero attached hydrogens (tertiary/aromatic N) is 2. The van der Waals surface area contributed by atoms with Crippen LogP contribution >= 0.6 is 23.2 Å². The molecule has 0 atom stereocenters. The van der Waals surface area contributed by atoms with Crippen LogP contribution in [0.1, 0.15) is 5.56 Å². The number of para-hydroxylation sites is 1. The fourth-order valence-electron chi connectivity index (χ4n) is 2.14. The Bertz CT molecular complexity index is 843. The fourth-order valence-corrected chi connectivity index (χ4v) is 2.54. The first kappa shape index (κ1) is 13.2. The van der Waals surface area contributed by atoms with Gasteiger partial charge in [0.1, 0.15) is 10.3 Å². The van der Waals surface area contributed by atoms with Crippen LogP contribution in [0.15, 0.2) is 53.3 Å². The number of hydrogen-bond donors (Lipinski definition) is 0. The maximum Gasteiger partial charge on any atom is 0.251 e. The number of fused-ring (bicyclic) bond motifs is 1. The molecule has 3 nitrogen and oxygen atoms in total. The number of aromatic nitrogens is 2. The summed E-state index contributed by atoms with van der Waals surface area (Å²) in [6.45, 7) is 0.364. The van der Waals surface area contributed by atoms with Gasteiger partial charge in [-0.3, -0.25) is 4.79 Å². The summed E-state index contributed by atoms with van der Waals surface area (Å²) in [5, 5.41) is 1.66. The second kappa shape index (κ2) is 5.27. The largest absolute Gasteiger partial charge is 0.304 e. The van der Waals surface area contributed by atoms with Gasteiger partial charge in [0.25, 0.3) is 5.56 Å². The third-order valence-corrected chi connectivity index (χ3v) is 3.66. The minimum absolute atomic E-state index is 0.0743. The molecule has 0 amide bonds. The first-order valence-corrected chi connectivity index (χ1v) is 6.80.